The molecule has 0 saturated carbocycles. The number of ether oxygens (including phenoxy) is 1. The molecule has 6 heteroatoms. The Balaban J connectivity index is 1.74. The van der Waals surface area contributed by atoms with Gasteiger partial charge in [-0.05, 0) is 38.0 Å². The second-order valence-electron chi connectivity index (χ2n) is 5.93. The number of rotatable bonds is 5. The zero-order chi connectivity index (χ0) is 16.9. The summed E-state index contributed by atoms with van der Waals surface area (Å²) in [6, 6.07) is 11.5. The maximum atomic E-state index is 12.4. The summed E-state index contributed by atoms with van der Waals surface area (Å²) >= 11 is 0. The average Bonchev–Trinajstić information content (AvgIpc) is 3.12. The number of anilines is 2. The number of nitrogens with one attached hydrogen (secondary N) is 1. The number of nitrogens with zero attached hydrogens (tertiary/aromatic N) is 3. The van der Waals surface area contributed by atoms with Crippen LogP contribution >= 0.6 is 0 Å². The molecular formula is C18H22N4O2. The van der Waals surface area contributed by atoms with Gasteiger partial charge in [0.2, 0.25) is 5.95 Å². The number of aryl methyl sites for hydroxylation is 1. The quantitative estimate of drug-likeness (QED) is 0.914. The van der Waals surface area contributed by atoms with E-state index in [1.54, 1.807) is 6.07 Å². The molecule has 24 heavy (non-hydrogen) atoms. The summed E-state index contributed by atoms with van der Waals surface area (Å²) in [5, 5.41) is 2.90. The molecule has 1 unspecified atom stereocenters. The summed E-state index contributed by atoms with van der Waals surface area (Å²) in [7, 11) is 1.89. The van der Waals surface area contributed by atoms with Crippen LogP contribution in [0.3, 0.4) is 0 Å². The van der Waals surface area contributed by atoms with Crippen molar-refractivity contribution < 1.29 is 9.53 Å². The molecule has 1 aliphatic rings. The Morgan fingerprint density at radius 2 is 2.12 bits per heavy atom. The second kappa shape index (κ2) is 7.40. The lowest BCUT2D eigenvalue weighted by atomic mass is 10.2. The molecule has 2 heterocycles. The van der Waals surface area contributed by atoms with E-state index in [0.717, 1.165) is 30.8 Å². The third-order valence-electron chi connectivity index (χ3n) is 4.03. The molecule has 2 aromatic rings. The van der Waals surface area contributed by atoms with E-state index in [9.17, 15) is 4.79 Å². The molecule has 1 aliphatic heterocycles. The predicted octanol–water partition coefficient (Wildman–Crippen LogP) is 2.46. The van der Waals surface area contributed by atoms with Crippen LogP contribution in [0.5, 0.6) is 0 Å². The van der Waals surface area contributed by atoms with Gasteiger partial charge in [0.1, 0.15) is 5.69 Å². The SMILES string of the molecule is Cc1cc(C(=O)NCC2CCCO2)nc(N(C)c2ccccc2)n1. The lowest BCUT2D eigenvalue weighted by molar-refractivity contribution is 0.0853. The van der Waals surface area contributed by atoms with E-state index in [2.05, 4.69) is 15.3 Å². The van der Waals surface area contributed by atoms with Crippen molar-refractivity contribution in [1.82, 2.24) is 15.3 Å². The molecule has 1 amide bonds. The van der Waals surface area contributed by atoms with E-state index in [1.165, 1.54) is 0 Å². The third-order valence-corrected chi connectivity index (χ3v) is 4.03. The standard InChI is InChI=1S/C18H22N4O2/c1-13-11-16(17(23)19-12-15-9-6-10-24-15)21-18(20-13)22(2)14-7-4-3-5-8-14/h3-5,7-8,11,15H,6,9-10,12H2,1-2H3,(H,19,23). The van der Waals surface area contributed by atoms with Crippen LogP contribution in [0.2, 0.25) is 0 Å². The van der Waals surface area contributed by atoms with Gasteiger partial charge in [0.15, 0.2) is 0 Å². The fourth-order valence-corrected chi connectivity index (χ4v) is 2.69. The van der Waals surface area contributed by atoms with Crippen LogP contribution in [0.25, 0.3) is 0 Å². The first-order valence-corrected chi connectivity index (χ1v) is 8.18. The number of carbonyl (C=O) groups is 1. The van der Waals surface area contributed by atoms with Gasteiger partial charge in [0, 0.05) is 31.6 Å². The van der Waals surface area contributed by atoms with Gasteiger partial charge in [-0.15, -0.1) is 0 Å². The lowest BCUT2D eigenvalue weighted by Crippen LogP contribution is -2.32. The minimum Gasteiger partial charge on any atom is -0.376 e. The lowest BCUT2D eigenvalue weighted by Gasteiger charge is -2.18. The van der Waals surface area contributed by atoms with Gasteiger partial charge in [-0.25, -0.2) is 9.97 Å². The number of hydrogen-bond donors (Lipinski definition) is 1. The van der Waals surface area contributed by atoms with Crippen molar-refractivity contribution >= 4 is 17.5 Å². The Kier molecular flexibility index (Phi) is 5.05. The Morgan fingerprint density at radius 1 is 1.33 bits per heavy atom. The Morgan fingerprint density at radius 3 is 2.83 bits per heavy atom. The smallest absolute Gasteiger partial charge is 0.270 e. The van der Waals surface area contributed by atoms with Gasteiger partial charge < -0.3 is 15.0 Å². The molecule has 1 saturated heterocycles. The Labute approximate surface area is 141 Å². The number of para-hydroxylation sites is 1. The number of benzene rings is 1. The molecule has 0 spiro atoms. The normalized spacial score (nSPS) is 16.8. The Bertz CT molecular complexity index is 699. The first-order valence-electron chi connectivity index (χ1n) is 8.18. The summed E-state index contributed by atoms with van der Waals surface area (Å²) in [5.74, 6) is 0.308. The van der Waals surface area contributed by atoms with Gasteiger partial charge in [-0.1, -0.05) is 18.2 Å². The summed E-state index contributed by atoms with van der Waals surface area (Å²) in [4.78, 5) is 23.1. The Hall–Kier alpha value is -2.47. The highest BCUT2D eigenvalue weighted by Crippen LogP contribution is 2.20. The molecule has 0 aliphatic carbocycles. The molecule has 0 radical (unpaired) electrons. The minimum absolute atomic E-state index is 0.114. The zero-order valence-corrected chi connectivity index (χ0v) is 14.0. The highest BCUT2D eigenvalue weighted by Gasteiger charge is 2.18. The van der Waals surface area contributed by atoms with Crippen LogP contribution in [0.4, 0.5) is 11.6 Å². The molecule has 1 aromatic carbocycles. The van der Waals surface area contributed by atoms with E-state index in [4.69, 9.17) is 4.74 Å². The number of carbonyl (C=O) groups excluding carboxylic acids is 1. The van der Waals surface area contributed by atoms with E-state index < -0.39 is 0 Å². The van der Waals surface area contributed by atoms with E-state index in [0.29, 0.717) is 18.2 Å². The minimum atomic E-state index is -0.196. The average molecular weight is 326 g/mol. The number of amides is 1. The third kappa shape index (κ3) is 3.89. The van der Waals surface area contributed by atoms with Gasteiger partial charge in [0.25, 0.3) is 5.91 Å². The number of hydrogen-bond acceptors (Lipinski definition) is 5. The van der Waals surface area contributed by atoms with Crippen molar-refractivity contribution in [2.45, 2.75) is 25.9 Å². The van der Waals surface area contributed by atoms with Crippen molar-refractivity contribution in [3.8, 4) is 0 Å². The highest BCUT2D eigenvalue weighted by atomic mass is 16.5. The second-order valence-corrected chi connectivity index (χ2v) is 5.93. The molecule has 0 bridgehead atoms. The summed E-state index contributed by atoms with van der Waals surface area (Å²) in [6.45, 7) is 3.16. The monoisotopic (exact) mass is 326 g/mol. The van der Waals surface area contributed by atoms with Crippen molar-refractivity contribution in [1.29, 1.82) is 0 Å². The van der Waals surface area contributed by atoms with Gasteiger partial charge in [-0.2, -0.15) is 0 Å². The van der Waals surface area contributed by atoms with Crippen molar-refractivity contribution in [2.75, 3.05) is 25.1 Å². The van der Waals surface area contributed by atoms with Gasteiger partial charge in [0.05, 0.1) is 6.10 Å². The topological polar surface area (TPSA) is 67.3 Å². The van der Waals surface area contributed by atoms with E-state index in [-0.39, 0.29) is 12.0 Å². The molecule has 1 aromatic heterocycles. The molecule has 126 valence electrons. The highest BCUT2D eigenvalue weighted by molar-refractivity contribution is 5.92. The number of aromatic nitrogens is 2. The maximum absolute atomic E-state index is 12.4. The van der Waals surface area contributed by atoms with Crippen molar-refractivity contribution in [3.63, 3.8) is 0 Å². The van der Waals surface area contributed by atoms with Crippen LogP contribution in [-0.4, -0.2) is 42.2 Å². The molecule has 1 fully saturated rings. The van der Waals surface area contributed by atoms with Crippen LogP contribution in [0.15, 0.2) is 36.4 Å². The molecule has 1 atom stereocenters. The largest absolute Gasteiger partial charge is 0.376 e. The first kappa shape index (κ1) is 16.4. The first-order chi connectivity index (χ1) is 11.6. The van der Waals surface area contributed by atoms with E-state index in [1.807, 2.05) is 49.2 Å². The maximum Gasteiger partial charge on any atom is 0.270 e. The summed E-state index contributed by atoms with van der Waals surface area (Å²) < 4.78 is 5.53. The zero-order valence-electron chi connectivity index (χ0n) is 14.0. The molecule has 3 rings (SSSR count). The van der Waals surface area contributed by atoms with Gasteiger partial charge in [-0.3, -0.25) is 4.79 Å². The predicted molar refractivity (Wildman–Crippen MR) is 92.6 cm³/mol. The van der Waals surface area contributed by atoms with Crippen molar-refractivity contribution in [3.05, 3.63) is 47.8 Å². The van der Waals surface area contributed by atoms with Crippen LogP contribution in [-0.2, 0) is 4.74 Å². The summed E-state index contributed by atoms with van der Waals surface area (Å²) in [6.07, 6.45) is 2.16. The van der Waals surface area contributed by atoms with E-state index >= 15 is 0 Å². The van der Waals surface area contributed by atoms with Crippen molar-refractivity contribution in [2.24, 2.45) is 0 Å². The van der Waals surface area contributed by atoms with Crippen LogP contribution < -0.4 is 10.2 Å². The molecule has 6 nitrogen and oxygen atoms in total. The summed E-state index contributed by atoms with van der Waals surface area (Å²) in [5.41, 5.74) is 2.09. The molecular weight excluding hydrogens is 304 g/mol. The van der Waals surface area contributed by atoms with Gasteiger partial charge >= 0.3 is 0 Å². The van der Waals surface area contributed by atoms with Crippen LogP contribution in [0.1, 0.15) is 29.0 Å². The fraction of sp³-hybridized carbons (Fsp3) is 0.389. The van der Waals surface area contributed by atoms with Crippen LogP contribution in [0, 0.1) is 6.92 Å². The molecule has 1 N–H and O–H groups in total. The fourth-order valence-electron chi connectivity index (χ4n) is 2.69.